The maximum absolute atomic E-state index is 10.9. The number of carboxylic acids is 1. The van der Waals surface area contributed by atoms with Crippen molar-refractivity contribution < 1.29 is 19.4 Å². The smallest absolute Gasteiger partial charge is 0.306 e. The molecule has 0 atom stereocenters. The highest BCUT2D eigenvalue weighted by Gasteiger charge is 2.26. The zero-order valence-electron chi connectivity index (χ0n) is 12.8. The topological polar surface area (TPSA) is 55.8 Å². The van der Waals surface area contributed by atoms with Crippen LogP contribution in [0.2, 0.25) is 0 Å². The van der Waals surface area contributed by atoms with E-state index in [1.165, 1.54) is 11.1 Å². The molecule has 1 fully saturated rings. The molecule has 0 bridgehead atoms. The molecule has 0 unspecified atom stereocenters. The highest BCUT2D eigenvalue weighted by atomic mass is 16.5. The zero-order chi connectivity index (χ0) is 15.2. The van der Waals surface area contributed by atoms with Gasteiger partial charge < -0.3 is 14.6 Å². The first kappa shape index (κ1) is 15.8. The molecule has 21 heavy (non-hydrogen) atoms. The van der Waals surface area contributed by atoms with E-state index in [-0.39, 0.29) is 12.0 Å². The normalized spacial score (nSPS) is 22.0. The first-order valence-electron chi connectivity index (χ1n) is 7.60. The maximum Gasteiger partial charge on any atom is 0.306 e. The van der Waals surface area contributed by atoms with E-state index in [1.54, 1.807) is 0 Å². The molecule has 0 heterocycles. The van der Waals surface area contributed by atoms with Gasteiger partial charge >= 0.3 is 5.97 Å². The van der Waals surface area contributed by atoms with Gasteiger partial charge in [0.2, 0.25) is 0 Å². The van der Waals surface area contributed by atoms with Gasteiger partial charge in [-0.05, 0) is 62.8 Å². The number of benzene rings is 1. The fraction of sp³-hybridized carbons (Fsp3) is 0.588. The van der Waals surface area contributed by atoms with Crippen molar-refractivity contribution in [3.63, 3.8) is 0 Å². The second-order valence-corrected chi connectivity index (χ2v) is 5.85. The van der Waals surface area contributed by atoms with E-state index in [1.807, 2.05) is 12.1 Å². The van der Waals surface area contributed by atoms with E-state index < -0.39 is 5.97 Å². The van der Waals surface area contributed by atoms with Crippen LogP contribution in [0, 0.1) is 19.8 Å². The molecule has 4 nitrogen and oxygen atoms in total. The average Bonchev–Trinajstić information content (AvgIpc) is 2.43. The molecule has 116 valence electrons. The molecule has 1 aliphatic rings. The van der Waals surface area contributed by atoms with Gasteiger partial charge in [-0.15, -0.1) is 0 Å². The van der Waals surface area contributed by atoms with Crippen LogP contribution in [-0.2, 0) is 9.53 Å². The lowest BCUT2D eigenvalue weighted by Crippen LogP contribution is -2.27. The Kier molecular flexibility index (Phi) is 5.62. The summed E-state index contributed by atoms with van der Waals surface area (Å²) in [5.74, 6) is 0.0219. The Balaban J connectivity index is 1.65. The molecule has 1 aromatic rings. The van der Waals surface area contributed by atoms with Gasteiger partial charge in [-0.2, -0.15) is 0 Å². The van der Waals surface area contributed by atoms with Gasteiger partial charge in [0.25, 0.3) is 0 Å². The molecule has 1 aromatic carbocycles. The Morgan fingerprint density at radius 2 is 1.71 bits per heavy atom. The first-order chi connectivity index (χ1) is 10.0. The van der Waals surface area contributed by atoms with Gasteiger partial charge in [0.15, 0.2) is 0 Å². The summed E-state index contributed by atoms with van der Waals surface area (Å²) in [6, 6.07) is 6.15. The second kappa shape index (κ2) is 7.46. The van der Waals surface area contributed by atoms with Gasteiger partial charge in [-0.25, -0.2) is 0 Å². The van der Waals surface area contributed by atoms with E-state index in [0.717, 1.165) is 31.4 Å². The van der Waals surface area contributed by atoms with Crippen molar-refractivity contribution in [3.05, 3.63) is 29.3 Å². The van der Waals surface area contributed by atoms with Crippen LogP contribution in [0.4, 0.5) is 0 Å². The molecule has 0 aromatic heterocycles. The highest BCUT2D eigenvalue weighted by molar-refractivity contribution is 5.70. The molecule has 2 rings (SSSR count). The molecule has 1 aliphatic carbocycles. The van der Waals surface area contributed by atoms with Crippen molar-refractivity contribution in [1.82, 2.24) is 0 Å². The minimum Gasteiger partial charge on any atom is -0.491 e. The predicted octanol–water partition coefficient (Wildman–Crippen LogP) is 3.34. The van der Waals surface area contributed by atoms with Crippen molar-refractivity contribution in [2.45, 2.75) is 45.6 Å². The summed E-state index contributed by atoms with van der Waals surface area (Å²) >= 11 is 0. The van der Waals surface area contributed by atoms with Crippen molar-refractivity contribution in [2.75, 3.05) is 13.2 Å². The zero-order valence-corrected chi connectivity index (χ0v) is 12.8. The molecule has 1 N–H and O–H groups in total. The number of carboxylic acid groups (broad SMARTS) is 1. The first-order valence-corrected chi connectivity index (χ1v) is 7.60. The SMILES string of the molecule is Cc1cc(C)cc(OCCOC2CCC(C(=O)O)CC2)c1. The molecular weight excluding hydrogens is 268 g/mol. The molecule has 0 aliphatic heterocycles. The summed E-state index contributed by atoms with van der Waals surface area (Å²) in [7, 11) is 0. The number of hydrogen-bond acceptors (Lipinski definition) is 3. The third-order valence-electron chi connectivity index (χ3n) is 3.92. The lowest BCUT2D eigenvalue weighted by molar-refractivity contribution is -0.143. The third-order valence-corrected chi connectivity index (χ3v) is 3.92. The molecule has 0 radical (unpaired) electrons. The van der Waals surface area contributed by atoms with Crippen molar-refractivity contribution >= 4 is 5.97 Å². The Labute approximate surface area is 126 Å². The Morgan fingerprint density at radius 3 is 2.29 bits per heavy atom. The standard InChI is InChI=1S/C17H24O4/c1-12-9-13(2)11-16(10-12)21-8-7-20-15-5-3-14(4-6-15)17(18)19/h9-11,14-15H,3-8H2,1-2H3,(H,18,19). The van der Waals surface area contributed by atoms with E-state index in [0.29, 0.717) is 13.2 Å². The summed E-state index contributed by atoms with van der Waals surface area (Å²) in [5, 5.41) is 8.95. The molecule has 0 amide bonds. The lowest BCUT2D eigenvalue weighted by Gasteiger charge is -2.26. The lowest BCUT2D eigenvalue weighted by atomic mass is 9.87. The minimum atomic E-state index is -0.674. The van der Waals surface area contributed by atoms with Gasteiger partial charge in [-0.3, -0.25) is 4.79 Å². The van der Waals surface area contributed by atoms with Crippen LogP contribution in [0.5, 0.6) is 5.75 Å². The van der Waals surface area contributed by atoms with Gasteiger partial charge in [0.1, 0.15) is 12.4 Å². The van der Waals surface area contributed by atoms with Crippen molar-refractivity contribution in [3.8, 4) is 5.75 Å². The van der Waals surface area contributed by atoms with E-state index in [9.17, 15) is 4.79 Å². The largest absolute Gasteiger partial charge is 0.491 e. The van der Waals surface area contributed by atoms with Crippen LogP contribution in [0.25, 0.3) is 0 Å². The fourth-order valence-corrected chi connectivity index (χ4v) is 2.87. The number of aliphatic carboxylic acids is 1. The molecule has 1 saturated carbocycles. The number of rotatable bonds is 6. The summed E-state index contributed by atoms with van der Waals surface area (Å²) in [4.78, 5) is 10.9. The average molecular weight is 292 g/mol. The van der Waals surface area contributed by atoms with E-state index in [2.05, 4.69) is 19.9 Å². The molecule has 0 saturated heterocycles. The van der Waals surface area contributed by atoms with Crippen LogP contribution in [0.15, 0.2) is 18.2 Å². The number of hydrogen-bond donors (Lipinski definition) is 1. The van der Waals surface area contributed by atoms with Crippen molar-refractivity contribution in [1.29, 1.82) is 0 Å². The van der Waals surface area contributed by atoms with Crippen molar-refractivity contribution in [2.24, 2.45) is 5.92 Å². The Morgan fingerprint density at radius 1 is 1.10 bits per heavy atom. The Bertz CT molecular complexity index is 455. The summed E-state index contributed by atoms with van der Waals surface area (Å²) in [5.41, 5.74) is 2.39. The summed E-state index contributed by atoms with van der Waals surface area (Å²) in [6.45, 7) is 5.19. The van der Waals surface area contributed by atoms with E-state index in [4.69, 9.17) is 14.6 Å². The molecule has 0 spiro atoms. The number of carbonyl (C=O) groups is 1. The number of ether oxygens (including phenoxy) is 2. The Hall–Kier alpha value is -1.55. The monoisotopic (exact) mass is 292 g/mol. The highest BCUT2D eigenvalue weighted by Crippen LogP contribution is 2.26. The van der Waals surface area contributed by atoms with Crippen LogP contribution in [-0.4, -0.2) is 30.4 Å². The van der Waals surface area contributed by atoms with Crippen LogP contribution in [0.1, 0.15) is 36.8 Å². The quantitative estimate of drug-likeness (QED) is 0.817. The van der Waals surface area contributed by atoms with Crippen LogP contribution >= 0.6 is 0 Å². The second-order valence-electron chi connectivity index (χ2n) is 5.85. The van der Waals surface area contributed by atoms with Gasteiger partial charge in [-0.1, -0.05) is 6.07 Å². The predicted molar refractivity (Wildman–Crippen MR) is 80.7 cm³/mol. The van der Waals surface area contributed by atoms with E-state index >= 15 is 0 Å². The fourth-order valence-electron chi connectivity index (χ4n) is 2.87. The minimum absolute atomic E-state index is 0.184. The number of aryl methyl sites for hydroxylation is 2. The maximum atomic E-state index is 10.9. The van der Waals surface area contributed by atoms with Gasteiger partial charge in [0.05, 0.1) is 18.6 Å². The van der Waals surface area contributed by atoms with Crippen LogP contribution < -0.4 is 4.74 Å². The molecule has 4 heteroatoms. The van der Waals surface area contributed by atoms with Gasteiger partial charge in [0, 0.05) is 0 Å². The molecular formula is C17H24O4. The van der Waals surface area contributed by atoms with Crippen LogP contribution in [0.3, 0.4) is 0 Å². The third kappa shape index (κ3) is 5.05. The summed E-state index contributed by atoms with van der Waals surface area (Å²) < 4.78 is 11.5. The summed E-state index contributed by atoms with van der Waals surface area (Å²) in [6.07, 6.45) is 3.29.